The Hall–Kier alpha value is -1.27. The number of nitrogens with one attached hydrogen (secondary N) is 1. The minimum atomic E-state index is 0.469. The highest BCUT2D eigenvalue weighted by Gasteiger charge is 1.90. The maximum atomic E-state index is 5.15. The van der Waals surface area contributed by atoms with Gasteiger partial charge in [-0.25, -0.2) is 4.98 Å². The number of hydrogen-bond acceptors (Lipinski definition) is 2. The van der Waals surface area contributed by atoms with E-state index >= 15 is 0 Å². The molecule has 0 saturated carbocycles. The lowest BCUT2D eigenvalue weighted by molar-refractivity contribution is 0.148. The van der Waals surface area contributed by atoms with Gasteiger partial charge in [0.1, 0.15) is 19.0 Å². The molecule has 1 N–H and O–H groups in total. The number of rotatable bonds is 3. The van der Waals surface area contributed by atoms with Gasteiger partial charge in [0.2, 0.25) is 0 Å². The highest BCUT2D eigenvalue weighted by Crippen LogP contribution is 1.90. The summed E-state index contributed by atoms with van der Waals surface area (Å²) in [7, 11) is 0. The number of hydrogen-bond donors (Lipinski definition) is 1. The van der Waals surface area contributed by atoms with Crippen LogP contribution in [-0.4, -0.2) is 16.6 Å². The highest BCUT2D eigenvalue weighted by atomic mass is 16.5. The number of aromatic nitrogens is 2. The fourth-order valence-electron chi connectivity index (χ4n) is 0.648. The van der Waals surface area contributed by atoms with Gasteiger partial charge >= 0.3 is 0 Å². The zero-order chi connectivity index (χ0) is 7.94. The number of aromatic amines is 1. The summed E-state index contributed by atoms with van der Waals surface area (Å²) in [6.07, 6.45) is 3.47. The van der Waals surface area contributed by atoms with Crippen LogP contribution < -0.4 is 0 Å². The van der Waals surface area contributed by atoms with E-state index < -0.39 is 0 Å². The lowest BCUT2D eigenvalue weighted by atomic mass is 10.6. The van der Waals surface area contributed by atoms with Gasteiger partial charge in [-0.3, -0.25) is 0 Å². The largest absolute Gasteiger partial charge is 0.361 e. The van der Waals surface area contributed by atoms with Crippen molar-refractivity contribution in [3.05, 3.63) is 18.2 Å². The maximum absolute atomic E-state index is 5.15. The molecule has 0 amide bonds. The molecular formula is C8H10N2O. The van der Waals surface area contributed by atoms with Gasteiger partial charge < -0.3 is 9.72 Å². The van der Waals surface area contributed by atoms with E-state index in [0.717, 1.165) is 5.82 Å². The molecule has 0 aliphatic heterocycles. The van der Waals surface area contributed by atoms with Crippen molar-refractivity contribution in [3.63, 3.8) is 0 Å². The van der Waals surface area contributed by atoms with Gasteiger partial charge in [-0.05, 0) is 6.92 Å². The SMILES string of the molecule is CC#CCOCc1ncc[nH]1. The number of imidazole rings is 1. The average Bonchev–Trinajstić information content (AvgIpc) is 2.50. The first kappa shape index (κ1) is 7.83. The standard InChI is InChI=1S/C8H10N2O/c1-2-3-6-11-7-8-9-4-5-10-8/h4-5H,6-7H2,1H3,(H,9,10). The van der Waals surface area contributed by atoms with Crippen LogP contribution in [0.15, 0.2) is 12.4 Å². The van der Waals surface area contributed by atoms with Gasteiger partial charge in [-0.2, -0.15) is 0 Å². The highest BCUT2D eigenvalue weighted by molar-refractivity contribution is 4.95. The second-order valence-corrected chi connectivity index (χ2v) is 1.96. The van der Waals surface area contributed by atoms with Crippen LogP contribution in [0.3, 0.4) is 0 Å². The van der Waals surface area contributed by atoms with Crippen molar-refractivity contribution in [1.29, 1.82) is 0 Å². The molecule has 0 aliphatic rings. The van der Waals surface area contributed by atoms with Gasteiger partial charge in [0, 0.05) is 12.4 Å². The lowest BCUT2D eigenvalue weighted by Crippen LogP contribution is -1.94. The molecule has 3 heteroatoms. The van der Waals surface area contributed by atoms with Crippen molar-refractivity contribution in [2.45, 2.75) is 13.5 Å². The maximum Gasteiger partial charge on any atom is 0.132 e. The van der Waals surface area contributed by atoms with E-state index in [-0.39, 0.29) is 0 Å². The van der Waals surface area contributed by atoms with Gasteiger partial charge in [0.05, 0.1) is 0 Å². The van der Waals surface area contributed by atoms with Crippen molar-refractivity contribution in [2.24, 2.45) is 0 Å². The summed E-state index contributed by atoms with van der Waals surface area (Å²) in [4.78, 5) is 6.91. The molecule has 0 fully saturated rings. The zero-order valence-electron chi connectivity index (χ0n) is 6.42. The quantitative estimate of drug-likeness (QED) is 0.514. The Balaban J connectivity index is 2.17. The molecule has 0 spiro atoms. The van der Waals surface area contributed by atoms with E-state index in [1.54, 1.807) is 19.3 Å². The normalized spacial score (nSPS) is 8.82. The van der Waals surface area contributed by atoms with E-state index in [9.17, 15) is 0 Å². The van der Waals surface area contributed by atoms with Crippen molar-refractivity contribution in [3.8, 4) is 11.8 Å². The van der Waals surface area contributed by atoms with E-state index in [2.05, 4.69) is 21.8 Å². The van der Waals surface area contributed by atoms with E-state index in [1.807, 2.05) is 0 Å². The molecule has 0 atom stereocenters. The molecule has 1 rings (SSSR count). The topological polar surface area (TPSA) is 37.9 Å². The summed E-state index contributed by atoms with van der Waals surface area (Å²) in [5.74, 6) is 6.37. The minimum absolute atomic E-state index is 0.469. The van der Waals surface area contributed by atoms with E-state index in [1.165, 1.54) is 0 Å². The number of nitrogens with zero attached hydrogens (tertiary/aromatic N) is 1. The second-order valence-electron chi connectivity index (χ2n) is 1.96. The Bertz CT molecular complexity index is 243. The first-order valence-corrected chi connectivity index (χ1v) is 3.39. The molecule has 0 radical (unpaired) electrons. The van der Waals surface area contributed by atoms with Gasteiger partial charge in [0.25, 0.3) is 0 Å². The predicted octanol–water partition coefficient (Wildman–Crippen LogP) is 0.950. The molecule has 0 bridgehead atoms. The van der Waals surface area contributed by atoms with Gasteiger partial charge in [-0.1, -0.05) is 5.92 Å². The van der Waals surface area contributed by atoms with Crippen LogP contribution in [0, 0.1) is 11.8 Å². The summed E-state index contributed by atoms with van der Waals surface area (Å²) >= 11 is 0. The van der Waals surface area contributed by atoms with Crippen LogP contribution in [0.4, 0.5) is 0 Å². The molecule has 0 aromatic carbocycles. The Morgan fingerprint density at radius 3 is 3.27 bits per heavy atom. The molecule has 0 aliphatic carbocycles. The number of H-pyrrole nitrogens is 1. The van der Waals surface area contributed by atoms with Crippen LogP contribution in [0.5, 0.6) is 0 Å². The molecule has 1 aromatic heterocycles. The van der Waals surface area contributed by atoms with Crippen LogP contribution >= 0.6 is 0 Å². The third-order valence-corrected chi connectivity index (χ3v) is 1.14. The van der Waals surface area contributed by atoms with Crippen LogP contribution in [0.2, 0.25) is 0 Å². The minimum Gasteiger partial charge on any atom is -0.361 e. The monoisotopic (exact) mass is 150 g/mol. The van der Waals surface area contributed by atoms with E-state index in [0.29, 0.717) is 13.2 Å². The molecule has 11 heavy (non-hydrogen) atoms. The fourth-order valence-corrected chi connectivity index (χ4v) is 0.648. The van der Waals surface area contributed by atoms with Gasteiger partial charge in [0.15, 0.2) is 0 Å². The second kappa shape index (κ2) is 4.53. The molecule has 58 valence electrons. The molecule has 1 heterocycles. The summed E-state index contributed by atoms with van der Waals surface area (Å²) in [6, 6.07) is 0. The fraction of sp³-hybridized carbons (Fsp3) is 0.375. The number of ether oxygens (including phenoxy) is 1. The smallest absolute Gasteiger partial charge is 0.132 e. The van der Waals surface area contributed by atoms with Gasteiger partial charge in [-0.15, -0.1) is 5.92 Å². The first-order valence-electron chi connectivity index (χ1n) is 3.39. The Kier molecular flexibility index (Phi) is 3.23. The summed E-state index contributed by atoms with van der Waals surface area (Å²) in [5, 5.41) is 0. The molecule has 3 nitrogen and oxygen atoms in total. The molecule has 1 aromatic rings. The lowest BCUT2D eigenvalue weighted by Gasteiger charge is -1.94. The summed E-state index contributed by atoms with van der Waals surface area (Å²) in [5.41, 5.74) is 0. The van der Waals surface area contributed by atoms with Crippen LogP contribution in [-0.2, 0) is 11.3 Å². The van der Waals surface area contributed by atoms with Crippen molar-refractivity contribution in [1.82, 2.24) is 9.97 Å². The van der Waals surface area contributed by atoms with Crippen LogP contribution in [0.25, 0.3) is 0 Å². The third kappa shape index (κ3) is 2.87. The average molecular weight is 150 g/mol. The third-order valence-electron chi connectivity index (χ3n) is 1.14. The predicted molar refractivity (Wildman–Crippen MR) is 41.7 cm³/mol. The Morgan fingerprint density at radius 1 is 1.73 bits per heavy atom. The Morgan fingerprint density at radius 2 is 2.64 bits per heavy atom. The molecule has 0 unspecified atom stereocenters. The molecular weight excluding hydrogens is 140 g/mol. The van der Waals surface area contributed by atoms with E-state index in [4.69, 9.17) is 4.74 Å². The summed E-state index contributed by atoms with van der Waals surface area (Å²) < 4.78 is 5.15. The van der Waals surface area contributed by atoms with Crippen molar-refractivity contribution >= 4 is 0 Å². The van der Waals surface area contributed by atoms with Crippen LogP contribution in [0.1, 0.15) is 12.7 Å². The van der Waals surface area contributed by atoms with Crippen molar-refractivity contribution in [2.75, 3.05) is 6.61 Å². The summed E-state index contributed by atoms with van der Waals surface area (Å²) in [6.45, 7) is 2.76. The van der Waals surface area contributed by atoms with Crippen molar-refractivity contribution < 1.29 is 4.74 Å². The molecule has 0 saturated heterocycles. The zero-order valence-corrected chi connectivity index (χ0v) is 6.42. The Labute approximate surface area is 65.8 Å². The first-order chi connectivity index (χ1) is 5.43.